The van der Waals surface area contributed by atoms with E-state index in [4.69, 9.17) is 8.83 Å². The highest BCUT2D eigenvalue weighted by atomic mass is 16.3. The van der Waals surface area contributed by atoms with Crippen molar-refractivity contribution >= 4 is 5.91 Å². The summed E-state index contributed by atoms with van der Waals surface area (Å²) in [6.07, 6.45) is 8.02. The predicted octanol–water partition coefficient (Wildman–Crippen LogP) is 3.70. The summed E-state index contributed by atoms with van der Waals surface area (Å²) in [7, 11) is 2.19. The molecule has 0 radical (unpaired) electrons. The molecule has 1 aliphatic heterocycles. The number of aryl methyl sites for hydroxylation is 1. The Labute approximate surface area is 148 Å². The summed E-state index contributed by atoms with van der Waals surface area (Å²) in [4.78, 5) is 17.1. The minimum atomic E-state index is 0.112. The molecule has 4 rings (SSSR count). The first-order valence-corrected chi connectivity index (χ1v) is 9.15. The lowest BCUT2D eigenvalue weighted by atomic mass is 9.58. The van der Waals surface area contributed by atoms with Crippen LogP contribution < -0.4 is 0 Å². The minimum Gasteiger partial charge on any atom is -0.469 e. The van der Waals surface area contributed by atoms with Crippen LogP contribution in [0.2, 0.25) is 0 Å². The highest BCUT2D eigenvalue weighted by Gasteiger charge is 2.50. The van der Waals surface area contributed by atoms with Gasteiger partial charge < -0.3 is 13.7 Å². The molecule has 0 bridgehead atoms. The van der Waals surface area contributed by atoms with Gasteiger partial charge in [0.05, 0.1) is 24.6 Å². The number of furan rings is 2. The number of carbonyl (C=O) groups is 1. The lowest BCUT2D eigenvalue weighted by molar-refractivity contribution is -0.0590. The van der Waals surface area contributed by atoms with Crippen LogP contribution in [0, 0.1) is 12.3 Å². The first-order chi connectivity index (χ1) is 12.1. The van der Waals surface area contributed by atoms with Gasteiger partial charge in [0, 0.05) is 19.1 Å². The molecule has 1 amide bonds. The maximum atomic E-state index is 12.7. The molecule has 2 aliphatic rings. The van der Waals surface area contributed by atoms with Gasteiger partial charge in [-0.05, 0) is 63.3 Å². The van der Waals surface area contributed by atoms with Gasteiger partial charge in [0.1, 0.15) is 11.5 Å². The Hall–Kier alpha value is -2.01. The third kappa shape index (κ3) is 2.91. The fraction of sp³-hybridized carbons (Fsp3) is 0.550. The van der Waals surface area contributed by atoms with E-state index >= 15 is 0 Å². The monoisotopic (exact) mass is 342 g/mol. The van der Waals surface area contributed by atoms with E-state index in [1.54, 1.807) is 18.6 Å². The molecule has 3 heterocycles. The van der Waals surface area contributed by atoms with Crippen molar-refractivity contribution in [3.8, 4) is 0 Å². The van der Waals surface area contributed by atoms with Crippen molar-refractivity contribution in [2.45, 2.75) is 45.2 Å². The molecule has 1 saturated carbocycles. The topological polar surface area (TPSA) is 49.8 Å². The molecule has 1 aliphatic carbocycles. The molecule has 1 saturated heterocycles. The van der Waals surface area contributed by atoms with Crippen molar-refractivity contribution in [2.75, 3.05) is 20.1 Å². The maximum absolute atomic E-state index is 12.7. The zero-order valence-electron chi connectivity index (χ0n) is 15.0. The second-order valence-corrected chi connectivity index (χ2v) is 7.59. The van der Waals surface area contributed by atoms with Gasteiger partial charge in [0.25, 0.3) is 5.91 Å². The van der Waals surface area contributed by atoms with Gasteiger partial charge in [0.2, 0.25) is 0 Å². The molecule has 25 heavy (non-hydrogen) atoms. The largest absolute Gasteiger partial charge is 0.469 e. The fourth-order valence-corrected chi connectivity index (χ4v) is 4.64. The van der Waals surface area contributed by atoms with Crippen LogP contribution in [0.5, 0.6) is 0 Å². The summed E-state index contributed by atoms with van der Waals surface area (Å²) in [5.74, 6) is 1.85. The Kier molecular flexibility index (Phi) is 4.20. The zero-order chi connectivity index (χ0) is 17.4. The van der Waals surface area contributed by atoms with Gasteiger partial charge >= 0.3 is 0 Å². The third-order valence-corrected chi connectivity index (χ3v) is 6.28. The van der Waals surface area contributed by atoms with Crippen LogP contribution in [0.3, 0.4) is 0 Å². The first kappa shape index (κ1) is 16.5. The number of carbonyl (C=O) groups excluding carboxylic acids is 1. The van der Waals surface area contributed by atoms with Crippen molar-refractivity contribution in [3.63, 3.8) is 0 Å². The Bertz CT molecular complexity index is 726. The molecule has 5 heteroatoms. The molecule has 134 valence electrons. The number of nitrogens with zero attached hydrogens (tertiary/aromatic N) is 2. The van der Waals surface area contributed by atoms with Crippen molar-refractivity contribution < 1.29 is 13.6 Å². The summed E-state index contributed by atoms with van der Waals surface area (Å²) in [5.41, 5.74) is 1.07. The lowest BCUT2D eigenvalue weighted by Gasteiger charge is -2.56. The average molecular weight is 342 g/mol. The molecule has 1 atom stereocenters. The van der Waals surface area contributed by atoms with Crippen LogP contribution in [-0.2, 0) is 6.54 Å². The van der Waals surface area contributed by atoms with Crippen LogP contribution in [-0.4, -0.2) is 41.9 Å². The molecule has 2 fully saturated rings. The number of amides is 1. The third-order valence-electron chi connectivity index (χ3n) is 6.28. The number of hydrogen-bond acceptors (Lipinski definition) is 4. The number of piperidine rings is 1. The van der Waals surface area contributed by atoms with Crippen molar-refractivity contribution in [2.24, 2.45) is 5.41 Å². The van der Waals surface area contributed by atoms with Gasteiger partial charge in [0.15, 0.2) is 0 Å². The summed E-state index contributed by atoms with van der Waals surface area (Å²) in [5, 5.41) is 0. The molecule has 5 nitrogen and oxygen atoms in total. The molecule has 1 spiro atoms. The summed E-state index contributed by atoms with van der Waals surface area (Å²) in [6.45, 7) is 4.39. The number of hydrogen-bond donors (Lipinski definition) is 0. The van der Waals surface area contributed by atoms with E-state index in [2.05, 4.69) is 11.9 Å². The van der Waals surface area contributed by atoms with E-state index in [1.165, 1.54) is 12.8 Å². The zero-order valence-corrected chi connectivity index (χ0v) is 15.0. The molecular formula is C20H26N2O3. The second-order valence-electron chi connectivity index (χ2n) is 7.59. The van der Waals surface area contributed by atoms with Crippen LogP contribution in [0.25, 0.3) is 0 Å². The number of likely N-dealkylation sites (tertiary alicyclic amines) is 1. The Morgan fingerprint density at radius 3 is 2.60 bits per heavy atom. The highest BCUT2D eigenvalue weighted by molar-refractivity contribution is 5.95. The lowest BCUT2D eigenvalue weighted by Crippen LogP contribution is -2.58. The van der Waals surface area contributed by atoms with Gasteiger partial charge in [-0.3, -0.25) is 9.69 Å². The molecular weight excluding hydrogens is 316 g/mol. The van der Waals surface area contributed by atoms with E-state index in [0.717, 1.165) is 38.2 Å². The molecule has 2 aromatic rings. The van der Waals surface area contributed by atoms with E-state index in [9.17, 15) is 4.79 Å². The van der Waals surface area contributed by atoms with E-state index < -0.39 is 0 Å². The SMILES string of the molecule is Cc1occc1C(=O)N1CCC2(CC[C@@H]2N(C)Cc2ccco2)CC1. The normalized spacial score (nSPS) is 22.4. The van der Waals surface area contributed by atoms with Crippen molar-refractivity contribution in [1.82, 2.24) is 9.80 Å². The van der Waals surface area contributed by atoms with Crippen LogP contribution in [0.1, 0.15) is 47.6 Å². The van der Waals surface area contributed by atoms with Gasteiger partial charge in [-0.2, -0.15) is 0 Å². The first-order valence-electron chi connectivity index (χ1n) is 9.15. The minimum absolute atomic E-state index is 0.112. The summed E-state index contributed by atoms with van der Waals surface area (Å²) >= 11 is 0. The Balaban J connectivity index is 1.37. The predicted molar refractivity (Wildman–Crippen MR) is 94.2 cm³/mol. The summed E-state index contributed by atoms with van der Waals surface area (Å²) < 4.78 is 10.8. The smallest absolute Gasteiger partial charge is 0.257 e. The van der Waals surface area contributed by atoms with Crippen molar-refractivity contribution in [1.29, 1.82) is 0 Å². The summed E-state index contributed by atoms with van der Waals surface area (Å²) in [6, 6.07) is 6.36. The van der Waals surface area contributed by atoms with E-state index in [-0.39, 0.29) is 5.91 Å². The second kappa shape index (κ2) is 6.37. The standard InChI is InChI=1S/C20H26N2O3/c1-15-17(6-13-24-15)19(23)22-10-8-20(9-11-22)7-5-18(20)21(2)14-16-4-3-12-25-16/h3-4,6,12-13,18H,5,7-11,14H2,1-2H3/t18-/m0/s1. The van der Waals surface area contributed by atoms with Gasteiger partial charge in [-0.15, -0.1) is 0 Å². The molecule has 0 N–H and O–H groups in total. The quantitative estimate of drug-likeness (QED) is 0.850. The Morgan fingerprint density at radius 1 is 1.24 bits per heavy atom. The van der Waals surface area contributed by atoms with Crippen LogP contribution in [0.15, 0.2) is 39.6 Å². The van der Waals surface area contributed by atoms with Gasteiger partial charge in [-0.1, -0.05) is 0 Å². The van der Waals surface area contributed by atoms with E-state index in [1.807, 2.05) is 24.0 Å². The molecule has 0 unspecified atom stereocenters. The Morgan fingerprint density at radius 2 is 2.04 bits per heavy atom. The van der Waals surface area contributed by atoms with Crippen LogP contribution in [0.4, 0.5) is 0 Å². The van der Waals surface area contributed by atoms with E-state index in [0.29, 0.717) is 22.8 Å². The highest BCUT2D eigenvalue weighted by Crippen LogP contribution is 2.51. The maximum Gasteiger partial charge on any atom is 0.257 e. The van der Waals surface area contributed by atoms with Crippen molar-refractivity contribution in [3.05, 3.63) is 47.8 Å². The fourth-order valence-electron chi connectivity index (χ4n) is 4.64. The van der Waals surface area contributed by atoms with Gasteiger partial charge in [-0.25, -0.2) is 0 Å². The van der Waals surface area contributed by atoms with Crippen LogP contribution >= 0.6 is 0 Å². The average Bonchev–Trinajstić information content (AvgIpc) is 3.25. The molecule has 2 aromatic heterocycles. The number of rotatable bonds is 4. The molecule has 0 aromatic carbocycles.